The number of halogens is 2. The molecule has 0 aromatic heterocycles. The van der Waals surface area contributed by atoms with E-state index in [2.05, 4.69) is 10.6 Å². The number of likely N-dealkylation sites (N-methyl/N-ethyl adjacent to an activating group) is 1. The second kappa shape index (κ2) is 7.89. The normalized spacial score (nSPS) is 10.2. The van der Waals surface area contributed by atoms with Crippen molar-refractivity contribution < 1.29 is 13.9 Å². The molecule has 1 rings (SSSR count). The van der Waals surface area contributed by atoms with Crippen LogP contribution in [0.4, 0.5) is 4.39 Å². The van der Waals surface area contributed by atoms with E-state index in [0.29, 0.717) is 18.8 Å². The summed E-state index contributed by atoms with van der Waals surface area (Å²) in [5.74, 6) is -0.379. The summed E-state index contributed by atoms with van der Waals surface area (Å²) < 4.78 is 18.0. The number of carbonyl (C=O) groups excluding carboxylic acids is 1. The van der Waals surface area contributed by atoms with E-state index >= 15 is 0 Å². The molecule has 4 nitrogen and oxygen atoms in total. The van der Waals surface area contributed by atoms with Gasteiger partial charge in [0.05, 0.1) is 5.02 Å². The molecule has 0 aliphatic rings. The first kappa shape index (κ1) is 14.7. The van der Waals surface area contributed by atoms with Gasteiger partial charge in [-0.25, -0.2) is 4.39 Å². The number of hydrogen-bond donors (Lipinski definition) is 2. The SMILES string of the molecule is CCNCCNC(=O)COc1ccc(F)c(Cl)c1. The minimum Gasteiger partial charge on any atom is -0.484 e. The average molecular weight is 275 g/mol. The van der Waals surface area contributed by atoms with Crippen molar-refractivity contribution >= 4 is 17.5 Å². The highest BCUT2D eigenvalue weighted by atomic mass is 35.5. The lowest BCUT2D eigenvalue weighted by Crippen LogP contribution is -2.34. The van der Waals surface area contributed by atoms with Gasteiger partial charge in [0.25, 0.3) is 5.91 Å². The Balaban J connectivity index is 2.27. The maximum Gasteiger partial charge on any atom is 0.257 e. The first-order chi connectivity index (χ1) is 8.63. The maximum absolute atomic E-state index is 12.9. The van der Waals surface area contributed by atoms with E-state index in [-0.39, 0.29) is 17.5 Å². The number of hydrogen-bond acceptors (Lipinski definition) is 3. The molecular weight excluding hydrogens is 259 g/mol. The molecule has 0 saturated heterocycles. The molecule has 0 spiro atoms. The van der Waals surface area contributed by atoms with Crippen molar-refractivity contribution in [3.8, 4) is 5.75 Å². The maximum atomic E-state index is 12.9. The zero-order valence-electron chi connectivity index (χ0n) is 10.1. The smallest absolute Gasteiger partial charge is 0.257 e. The lowest BCUT2D eigenvalue weighted by molar-refractivity contribution is -0.123. The lowest BCUT2D eigenvalue weighted by atomic mass is 10.3. The fourth-order valence-corrected chi connectivity index (χ4v) is 1.40. The standard InChI is InChI=1S/C12H16ClFN2O2/c1-2-15-5-6-16-12(17)8-18-9-3-4-11(14)10(13)7-9/h3-4,7,15H,2,5-6,8H2,1H3,(H,16,17). The molecule has 0 unspecified atom stereocenters. The summed E-state index contributed by atoms with van der Waals surface area (Å²) in [5.41, 5.74) is 0. The van der Waals surface area contributed by atoms with Crippen LogP contribution >= 0.6 is 11.6 Å². The van der Waals surface area contributed by atoms with E-state index in [9.17, 15) is 9.18 Å². The van der Waals surface area contributed by atoms with Crippen LogP contribution in [0.1, 0.15) is 6.92 Å². The van der Waals surface area contributed by atoms with Crippen LogP contribution in [0.15, 0.2) is 18.2 Å². The van der Waals surface area contributed by atoms with Crippen molar-refractivity contribution in [2.45, 2.75) is 6.92 Å². The van der Waals surface area contributed by atoms with Crippen molar-refractivity contribution in [3.05, 3.63) is 29.0 Å². The van der Waals surface area contributed by atoms with E-state index in [1.54, 1.807) is 0 Å². The van der Waals surface area contributed by atoms with E-state index in [1.807, 2.05) is 6.92 Å². The van der Waals surface area contributed by atoms with Gasteiger partial charge < -0.3 is 15.4 Å². The summed E-state index contributed by atoms with van der Waals surface area (Å²) in [6.45, 7) is 3.99. The molecule has 0 atom stereocenters. The van der Waals surface area contributed by atoms with Crippen LogP contribution < -0.4 is 15.4 Å². The fourth-order valence-electron chi connectivity index (χ4n) is 1.23. The molecule has 0 heterocycles. The van der Waals surface area contributed by atoms with Crippen LogP contribution in [0.25, 0.3) is 0 Å². The summed E-state index contributed by atoms with van der Waals surface area (Å²) >= 11 is 5.58. The third-order valence-electron chi connectivity index (χ3n) is 2.13. The predicted molar refractivity (Wildman–Crippen MR) is 68.5 cm³/mol. The van der Waals surface area contributed by atoms with Gasteiger partial charge in [-0.3, -0.25) is 4.79 Å². The second-order valence-corrected chi connectivity index (χ2v) is 3.98. The Labute approximate surface area is 110 Å². The average Bonchev–Trinajstić information content (AvgIpc) is 2.36. The quantitative estimate of drug-likeness (QED) is 0.743. The summed E-state index contributed by atoms with van der Waals surface area (Å²) in [4.78, 5) is 11.4. The van der Waals surface area contributed by atoms with Gasteiger partial charge in [0.2, 0.25) is 0 Å². The first-order valence-corrected chi connectivity index (χ1v) is 6.06. The zero-order valence-corrected chi connectivity index (χ0v) is 10.9. The topological polar surface area (TPSA) is 50.4 Å². The fraction of sp³-hybridized carbons (Fsp3) is 0.417. The van der Waals surface area contributed by atoms with Crippen LogP contribution in [0.3, 0.4) is 0 Å². The Morgan fingerprint density at radius 2 is 2.22 bits per heavy atom. The third-order valence-corrected chi connectivity index (χ3v) is 2.42. The molecule has 1 aromatic carbocycles. The molecule has 18 heavy (non-hydrogen) atoms. The number of carbonyl (C=O) groups is 1. The van der Waals surface area contributed by atoms with Gasteiger partial charge >= 0.3 is 0 Å². The van der Waals surface area contributed by atoms with Gasteiger partial charge in [0.1, 0.15) is 11.6 Å². The number of nitrogens with one attached hydrogen (secondary N) is 2. The number of amides is 1. The molecule has 0 bridgehead atoms. The zero-order chi connectivity index (χ0) is 13.4. The van der Waals surface area contributed by atoms with Gasteiger partial charge in [-0.1, -0.05) is 18.5 Å². The molecule has 2 N–H and O–H groups in total. The van der Waals surface area contributed by atoms with Gasteiger partial charge in [0.15, 0.2) is 6.61 Å². The van der Waals surface area contributed by atoms with E-state index in [1.165, 1.54) is 18.2 Å². The van der Waals surface area contributed by atoms with Gasteiger partial charge in [0, 0.05) is 19.2 Å². The highest BCUT2D eigenvalue weighted by Gasteiger charge is 2.04. The summed E-state index contributed by atoms with van der Waals surface area (Å²) in [7, 11) is 0. The van der Waals surface area contributed by atoms with E-state index < -0.39 is 5.82 Å². The monoisotopic (exact) mass is 274 g/mol. The van der Waals surface area contributed by atoms with Gasteiger partial charge in [-0.05, 0) is 18.7 Å². The highest BCUT2D eigenvalue weighted by molar-refractivity contribution is 6.30. The molecule has 1 aromatic rings. The van der Waals surface area contributed by atoms with E-state index in [0.717, 1.165) is 6.54 Å². The third kappa shape index (κ3) is 5.33. The largest absolute Gasteiger partial charge is 0.484 e. The van der Waals surface area contributed by atoms with Crippen LogP contribution in [-0.4, -0.2) is 32.1 Å². The van der Waals surface area contributed by atoms with Crippen molar-refractivity contribution in [2.75, 3.05) is 26.2 Å². The number of rotatable bonds is 7. The van der Waals surface area contributed by atoms with Crippen LogP contribution in [0.2, 0.25) is 5.02 Å². The Kier molecular flexibility index (Phi) is 6.46. The highest BCUT2D eigenvalue weighted by Crippen LogP contribution is 2.20. The number of benzene rings is 1. The van der Waals surface area contributed by atoms with Crippen molar-refractivity contribution in [2.24, 2.45) is 0 Å². The van der Waals surface area contributed by atoms with Crippen molar-refractivity contribution in [1.82, 2.24) is 10.6 Å². The molecule has 6 heteroatoms. The molecule has 0 aliphatic heterocycles. The van der Waals surface area contributed by atoms with Gasteiger partial charge in [-0.2, -0.15) is 0 Å². The molecule has 0 saturated carbocycles. The molecule has 0 fully saturated rings. The minimum atomic E-state index is -0.515. The molecule has 1 amide bonds. The Morgan fingerprint density at radius 3 is 2.89 bits per heavy atom. The van der Waals surface area contributed by atoms with Crippen LogP contribution in [0.5, 0.6) is 5.75 Å². The van der Waals surface area contributed by atoms with E-state index in [4.69, 9.17) is 16.3 Å². The molecule has 0 radical (unpaired) electrons. The summed E-state index contributed by atoms with van der Waals surface area (Å²) in [6.07, 6.45) is 0. The Bertz CT molecular complexity index is 402. The van der Waals surface area contributed by atoms with Gasteiger partial charge in [-0.15, -0.1) is 0 Å². The lowest BCUT2D eigenvalue weighted by Gasteiger charge is -2.08. The van der Waals surface area contributed by atoms with Crippen LogP contribution in [0, 0.1) is 5.82 Å². The first-order valence-electron chi connectivity index (χ1n) is 5.68. The summed E-state index contributed by atoms with van der Waals surface area (Å²) in [5, 5.41) is 5.73. The predicted octanol–water partition coefficient (Wildman–Crippen LogP) is 1.58. The molecule has 0 aliphatic carbocycles. The summed E-state index contributed by atoms with van der Waals surface area (Å²) in [6, 6.07) is 3.96. The molecular formula is C12H16ClFN2O2. The van der Waals surface area contributed by atoms with Crippen LogP contribution in [-0.2, 0) is 4.79 Å². The van der Waals surface area contributed by atoms with Crippen molar-refractivity contribution in [1.29, 1.82) is 0 Å². The number of ether oxygens (including phenoxy) is 1. The minimum absolute atomic E-state index is 0.0277. The molecule has 100 valence electrons. The Morgan fingerprint density at radius 1 is 1.44 bits per heavy atom. The Hall–Kier alpha value is -1.33. The van der Waals surface area contributed by atoms with Crippen molar-refractivity contribution in [3.63, 3.8) is 0 Å². The second-order valence-electron chi connectivity index (χ2n) is 3.57.